The summed E-state index contributed by atoms with van der Waals surface area (Å²) in [5, 5.41) is 3.36. The fraction of sp³-hybridized carbons (Fsp3) is 0.476. The van der Waals surface area contributed by atoms with Crippen LogP contribution in [0.3, 0.4) is 0 Å². The van der Waals surface area contributed by atoms with Gasteiger partial charge in [-0.3, -0.25) is 4.79 Å². The van der Waals surface area contributed by atoms with Crippen molar-refractivity contribution in [3.05, 3.63) is 53.1 Å². The van der Waals surface area contributed by atoms with Crippen molar-refractivity contribution in [1.82, 2.24) is 20.2 Å². The van der Waals surface area contributed by atoms with Crippen LogP contribution in [0.5, 0.6) is 5.75 Å². The number of benzene rings is 1. The van der Waals surface area contributed by atoms with Crippen LogP contribution in [0, 0.1) is 0 Å². The van der Waals surface area contributed by atoms with E-state index in [9.17, 15) is 4.79 Å². The summed E-state index contributed by atoms with van der Waals surface area (Å²) in [6, 6.07) is 7.27. The molecule has 2 aromatic rings. The fourth-order valence-corrected chi connectivity index (χ4v) is 3.70. The molecule has 1 saturated heterocycles. The van der Waals surface area contributed by atoms with Gasteiger partial charge in [-0.2, -0.15) is 0 Å². The molecule has 3 heterocycles. The average Bonchev–Trinajstić information content (AvgIpc) is 3.28. The van der Waals surface area contributed by atoms with E-state index in [2.05, 4.69) is 10.3 Å². The molecule has 0 spiro atoms. The number of fused-ring (bicyclic) bond motifs is 1. The Hall–Kier alpha value is -2.51. The van der Waals surface area contributed by atoms with E-state index in [1.54, 1.807) is 7.11 Å². The van der Waals surface area contributed by atoms with Crippen molar-refractivity contribution in [2.75, 3.05) is 40.0 Å². The zero-order valence-electron chi connectivity index (χ0n) is 16.2. The number of carbonyl (C=O) groups excluding carboxylic acids is 1. The Morgan fingerprint density at radius 3 is 2.89 bits per heavy atom. The molecule has 148 valence electrons. The zero-order valence-corrected chi connectivity index (χ0v) is 16.2. The molecule has 28 heavy (non-hydrogen) atoms. The first kappa shape index (κ1) is 18.8. The first-order chi connectivity index (χ1) is 13.7. The summed E-state index contributed by atoms with van der Waals surface area (Å²) in [6.07, 6.45) is 3.77. The maximum atomic E-state index is 12.9. The van der Waals surface area contributed by atoms with Gasteiger partial charge in [0.05, 0.1) is 12.3 Å². The van der Waals surface area contributed by atoms with Gasteiger partial charge >= 0.3 is 0 Å². The minimum atomic E-state index is 0.0261. The van der Waals surface area contributed by atoms with E-state index in [4.69, 9.17) is 14.5 Å². The molecule has 0 saturated carbocycles. The Kier molecular flexibility index (Phi) is 5.83. The Balaban J connectivity index is 1.40. The van der Waals surface area contributed by atoms with Crippen molar-refractivity contribution in [2.24, 2.45) is 0 Å². The molecule has 1 aromatic carbocycles. The van der Waals surface area contributed by atoms with Crippen LogP contribution in [-0.2, 0) is 17.7 Å². The molecule has 0 unspecified atom stereocenters. The normalized spacial score (nSPS) is 18.8. The van der Waals surface area contributed by atoms with Crippen LogP contribution in [0.1, 0.15) is 39.8 Å². The molecule has 0 radical (unpaired) electrons. The lowest BCUT2D eigenvalue weighted by Gasteiger charge is -2.28. The Labute approximate surface area is 165 Å². The van der Waals surface area contributed by atoms with E-state index in [1.807, 2.05) is 35.4 Å². The van der Waals surface area contributed by atoms with Crippen molar-refractivity contribution >= 4 is 5.91 Å². The van der Waals surface area contributed by atoms with E-state index in [0.29, 0.717) is 37.8 Å². The summed E-state index contributed by atoms with van der Waals surface area (Å²) in [7, 11) is 1.64. The molecule has 0 bridgehead atoms. The summed E-state index contributed by atoms with van der Waals surface area (Å²) < 4.78 is 10.5. The quantitative estimate of drug-likeness (QED) is 0.768. The Morgan fingerprint density at radius 1 is 1.29 bits per heavy atom. The third kappa shape index (κ3) is 4.15. The Morgan fingerprint density at radius 2 is 2.14 bits per heavy atom. The molecule has 0 aliphatic carbocycles. The molecule has 7 nitrogen and oxygen atoms in total. The zero-order chi connectivity index (χ0) is 19.3. The second kappa shape index (κ2) is 8.67. The van der Waals surface area contributed by atoms with Gasteiger partial charge in [0.25, 0.3) is 5.91 Å². The fourth-order valence-electron chi connectivity index (χ4n) is 3.70. The SMILES string of the molecule is COCCOc1ccc(C(=O)N2CCc3nc([C@H]4CCNC4)ncc3C2)cc1. The van der Waals surface area contributed by atoms with Crippen LogP contribution in [0.25, 0.3) is 0 Å². The van der Waals surface area contributed by atoms with E-state index in [1.165, 1.54) is 0 Å². The molecule has 2 aliphatic heterocycles. The lowest BCUT2D eigenvalue weighted by atomic mass is 10.0. The first-order valence-electron chi connectivity index (χ1n) is 9.81. The molecule has 1 fully saturated rings. The second-order valence-electron chi connectivity index (χ2n) is 7.23. The van der Waals surface area contributed by atoms with E-state index in [-0.39, 0.29) is 5.91 Å². The van der Waals surface area contributed by atoms with Gasteiger partial charge in [-0.1, -0.05) is 0 Å². The number of hydrogen-bond acceptors (Lipinski definition) is 6. The highest BCUT2D eigenvalue weighted by molar-refractivity contribution is 5.94. The topological polar surface area (TPSA) is 76.6 Å². The molecule has 4 rings (SSSR count). The summed E-state index contributed by atoms with van der Waals surface area (Å²) in [4.78, 5) is 24.1. The molecule has 1 atom stereocenters. The smallest absolute Gasteiger partial charge is 0.254 e. The predicted molar refractivity (Wildman–Crippen MR) is 105 cm³/mol. The van der Waals surface area contributed by atoms with Crippen LogP contribution in [0.15, 0.2) is 30.5 Å². The number of rotatable bonds is 6. The summed E-state index contributed by atoms with van der Waals surface area (Å²) in [5.74, 6) is 2.11. The second-order valence-corrected chi connectivity index (χ2v) is 7.23. The molecule has 1 N–H and O–H groups in total. The molecular weight excluding hydrogens is 356 g/mol. The standard InChI is InChI=1S/C21H26N4O3/c1-27-10-11-28-18-4-2-15(3-5-18)21(26)25-9-7-19-17(14-25)13-23-20(24-19)16-6-8-22-12-16/h2-5,13,16,22H,6-12,14H2,1H3/t16-/m0/s1. The molecule has 7 heteroatoms. The molecular formula is C21H26N4O3. The predicted octanol–water partition coefficient (Wildman–Crippen LogP) is 1.78. The van der Waals surface area contributed by atoms with Gasteiger partial charge in [-0.25, -0.2) is 9.97 Å². The lowest BCUT2D eigenvalue weighted by molar-refractivity contribution is 0.0733. The maximum absolute atomic E-state index is 12.9. The third-order valence-corrected chi connectivity index (χ3v) is 5.32. The molecule has 2 aliphatic rings. The van der Waals surface area contributed by atoms with Gasteiger partial charge < -0.3 is 19.7 Å². The minimum Gasteiger partial charge on any atom is -0.491 e. The first-order valence-corrected chi connectivity index (χ1v) is 9.81. The number of nitrogens with zero attached hydrogens (tertiary/aromatic N) is 3. The van der Waals surface area contributed by atoms with Crippen LogP contribution < -0.4 is 10.1 Å². The summed E-state index contributed by atoms with van der Waals surface area (Å²) in [6.45, 7) is 4.25. The van der Waals surface area contributed by atoms with Gasteiger partial charge in [-0.15, -0.1) is 0 Å². The number of ether oxygens (including phenoxy) is 2. The van der Waals surface area contributed by atoms with Gasteiger partial charge in [0.2, 0.25) is 0 Å². The number of nitrogens with one attached hydrogen (secondary N) is 1. The van der Waals surface area contributed by atoms with Gasteiger partial charge in [0, 0.05) is 56.4 Å². The van der Waals surface area contributed by atoms with Crippen molar-refractivity contribution < 1.29 is 14.3 Å². The summed E-state index contributed by atoms with van der Waals surface area (Å²) >= 11 is 0. The van der Waals surface area contributed by atoms with Crippen molar-refractivity contribution in [2.45, 2.75) is 25.3 Å². The maximum Gasteiger partial charge on any atom is 0.254 e. The van der Waals surface area contributed by atoms with E-state index in [0.717, 1.165) is 48.8 Å². The van der Waals surface area contributed by atoms with Crippen LogP contribution in [0.2, 0.25) is 0 Å². The summed E-state index contributed by atoms with van der Waals surface area (Å²) in [5.41, 5.74) is 2.80. The highest BCUT2D eigenvalue weighted by Gasteiger charge is 2.25. The lowest BCUT2D eigenvalue weighted by Crippen LogP contribution is -2.36. The number of aromatic nitrogens is 2. The van der Waals surface area contributed by atoms with E-state index < -0.39 is 0 Å². The van der Waals surface area contributed by atoms with Crippen LogP contribution in [0.4, 0.5) is 0 Å². The highest BCUT2D eigenvalue weighted by atomic mass is 16.5. The number of amides is 1. The average molecular weight is 382 g/mol. The van der Waals surface area contributed by atoms with Crippen LogP contribution in [-0.4, -0.2) is 60.7 Å². The van der Waals surface area contributed by atoms with Crippen LogP contribution >= 0.6 is 0 Å². The molecule has 1 aromatic heterocycles. The number of hydrogen-bond donors (Lipinski definition) is 1. The van der Waals surface area contributed by atoms with Crippen molar-refractivity contribution in [3.63, 3.8) is 0 Å². The van der Waals surface area contributed by atoms with E-state index >= 15 is 0 Å². The third-order valence-electron chi connectivity index (χ3n) is 5.32. The van der Waals surface area contributed by atoms with Gasteiger partial charge in [-0.05, 0) is 37.2 Å². The highest BCUT2D eigenvalue weighted by Crippen LogP contribution is 2.24. The monoisotopic (exact) mass is 382 g/mol. The Bertz CT molecular complexity index is 819. The van der Waals surface area contributed by atoms with Crippen molar-refractivity contribution in [3.8, 4) is 5.75 Å². The van der Waals surface area contributed by atoms with Gasteiger partial charge in [0.1, 0.15) is 18.2 Å². The minimum absolute atomic E-state index is 0.0261. The largest absolute Gasteiger partial charge is 0.491 e. The number of carbonyl (C=O) groups is 1. The molecule has 1 amide bonds. The van der Waals surface area contributed by atoms with Crippen molar-refractivity contribution in [1.29, 1.82) is 0 Å². The number of methoxy groups -OCH3 is 1. The van der Waals surface area contributed by atoms with Gasteiger partial charge in [0.15, 0.2) is 0 Å².